The van der Waals surface area contributed by atoms with E-state index in [2.05, 4.69) is 0 Å². The number of benzene rings is 3. The normalized spacial score (nSPS) is 10.4. The SMILES string of the molecule is O=C(OCCOc1c(Cl)cccc1Cl)c1ccc(C(=O)c2ccccc2)cc1. The maximum absolute atomic E-state index is 12.4. The van der Waals surface area contributed by atoms with Crippen molar-refractivity contribution in [1.29, 1.82) is 0 Å². The van der Waals surface area contributed by atoms with Gasteiger partial charge in [-0.2, -0.15) is 0 Å². The van der Waals surface area contributed by atoms with Crippen molar-refractivity contribution in [3.63, 3.8) is 0 Å². The molecule has 0 aliphatic heterocycles. The predicted molar refractivity (Wildman–Crippen MR) is 109 cm³/mol. The second-order valence-electron chi connectivity index (χ2n) is 5.81. The van der Waals surface area contributed by atoms with Gasteiger partial charge in [0, 0.05) is 11.1 Å². The Morgan fingerprint density at radius 2 is 1.25 bits per heavy atom. The molecule has 0 N–H and O–H groups in total. The van der Waals surface area contributed by atoms with Crippen molar-refractivity contribution < 1.29 is 19.1 Å². The van der Waals surface area contributed by atoms with Crippen LogP contribution < -0.4 is 4.74 Å². The first kappa shape index (κ1) is 19.9. The zero-order valence-electron chi connectivity index (χ0n) is 14.7. The summed E-state index contributed by atoms with van der Waals surface area (Å²) in [6, 6.07) is 20.3. The maximum Gasteiger partial charge on any atom is 0.338 e. The summed E-state index contributed by atoms with van der Waals surface area (Å²) < 4.78 is 10.6. The summed E-state index contributed by atoms with van der Waals surface area (Å²) in [4.78, 5) is 24.5. The van der Waals surface area contributed by atoms with Crippen LogP contribution in [0, 0.1) is 0 Å². The van der Waals surface area contributed by atoms with Gasteiger partial charge in [-0.1, -0.05) is 71.7 Å². The summed E-state index contributed by atoms with van der Waals surface area (Å²) in [5.41, 5.74) is 1.44. The lowest BCUT2D eigenvalue weighted by molar-refractivity contribution is 0.0450. The minimum absolute atomic E-state index is 0.0328. The van der Waals surface area contributed by atoms with E-state index < -0.39 is 5.97 Å². The number of hydrogen-bond donors (Lipinski definition) is 0. The highest BCUT2D eigenvalue weighted by atomic mass is 35.5. The number of halogens is 2. The molecule has 0 heterocycles. The fraction of sp³-hybridized carbons (Fsp3) is 0.0909. The van der Waals surface area contributed by atoms with Crippen LogP contribution in [0.3, 0.4) is 0 Å². The molecule has 28 heavy (non-hydrogen) atoms. The number of esters is 1. The van der Waals surface area contributed by atoms with Crippen molar-refractivity contribution in [2.24, 2.45) is 0 Å². The average molecular weight is 415 g/mol. The van der Waals surface area contributed by atoms with Crippen LogP contribution in [-0.4, -0.2) is 25.0 Å². The summed E-state index contributed by atoms with van der Waals surface area (Å²) in [5.74, 6) is -0.260. The molecule has 0 aliphatic rings. The van der Waals surface area contributed by atoms with E-state index in [9.17, 15) is 9.59 Å². The van der Waals surface area contributed by atoms with Crippen LogP contribution in [0.25, 0.3) is 0 Å². The third kappa shape index (κ3) is 4.91. The Morgan fingerprint density at radius 3 is 1.89 bits per heavy atom. The molecule has 0 radical (unpaired) electrons. The molecule has 4 nitrogen and oxygen atoms in total. The molecule has 0 spiro atoms. The zero-order chi connectivity index (χ0) is 19.9. The predicted octanol–water partition coefficient (Wildman–Crippen LogP) is 5.46. The number of para-hydroxylation sites is 1. The molecule has 3 aromatic carbocycles. The highest BCUT2D eigenvalue weighted by Crippen LogP contribution is 2.32. The van der Waals surface area contributed by atoms with Crippen LogP contribution in [0.1, 0.15) is 26.3 Å². The van der Waals surface area contributed by atoms with Crippen molar-refractivity contribution in [1.82, 2.24) is 0 Å². The largest absolute Gasteiger partial charge is 0.487 e. The summed E-state index contributed by atoms with van der Waals surface area (Å²) in [7, 11) is 0. The van der Waals surface area contributed by atoms with Gasteiger partial charge in [0.1, 0.15) is 13.2 Å². The number of ketones is 1. The van der Waals surface area contributed by atoms with Gasteiger partial charge in [-0.3, -0.25) is 4.79 Å². The maximum atomic E-state index is 12.4. The molecule has 0 bridgehead atoms. The molecule has 0 saturated carbocycles. The van der Waals surface area contributed by atoms with Gasteiger partial charge in [-0.15, -0.1) is 0 Å². The summed E-state index contributed by atoms with van der Waals surface area (Å²) in [6.07, 6.45) is 0. The standard InChI is InChI=1S/C22H16Cl2O4/c23-18-7-4-8-19(24)21(18)27-13-14-28-22(26)17-11-9-16(10-12-17)20(25)15-5-2-1-3-6-15/h1-12H,13-14H2. The molecule has 0 amide bonds. The second-order valence-corrected chi connectivity index (χ2v) is 6.62. The van der Waals surface area contributed by atoms with Gasteiger partial charge >= 0.3 is 5.97 Å². The van der Waals surface area contributed by atoms with Gasteiger partial charge in [0.25, 0.3) is 0 Å². The Morgan fingerprint density at radius 1 is 0.679 bits per heavy atom. The van der Waals surface area contributed by atoms with E-state index in [1.54, 1.807) is 66.7 Å². The molecule has 142 valence electrons. The van der Waals surface area contributed by atoms with Crippen LogP contribution in [-0.2, 0) is 4.74 Å². The Kier molecular flexibility index (Phi) is 6.69. The number of ether oxygens (including phenoxy) is 2. The summed E-state index contributed by atoms with van der Waals surface area (Å²) in [6.45, 7) is 0.144. The van der Waals surface area contributed by atoms with E-state index in [0.29, 0.717) is 32.5 Å². The highest BCUT2D eigenvalue weighted by Gasteiger charge is 2.12. The first-order valence-corrected chi connectivity index (χ1v) is 9.25. The van der Waals surface area contributed by atoms with E-state index in [1.165, 1.54) is 0 Å². The van der Waals surface area contributed by atoms with Gasteiger partial charge in [0.15, 0.2) is 11.5 Å². The van der Waals surface area contributed by atoms with Crippen molar-refractivity contribution in [2.75, 3.05) is 13.2 Å². The fourth-order valence-corrected chi connectivity index (χ4v) is 3.00. The molecule has 0 atom stereocenters. The second kappa shape index (κ2) is 9.40. The van der Waals surface area contributed by atoms with Gasteiger partial charge < -0.3 is 9.47 Å². The summed E-state index contributed by atoms with van der Waals surface area (Å²) >= 11 is 12.0. The first-order valence-electron chi connectivity index (χ1n) is 8.50. The lowest BCUT2D eigenvalue weighted by Gasteiger charge is -2.10. The molecule has 0 aliphatic carbocycles. The highest BCUT2D eigenvalue weighted by molar-refractivity contribution is 6.37. The van der Waals surface area contributed by atoms with Crippen LogP contribution >= 0.6 is 23.2 Å². The van der Waals surface area contributed by atoms with Gasteiger partial charge in [-0.25, -0.2) is 4.79 Å². The van der Waals surface area contributed by atoms with Gasteiger partial charge in [0.05, 0.1) is 15.6 Å². The number of hydrogen-bond acceptors (Lipinski definition) is 4. The lowest BCUT2D eigenvalue weighted by atomic mass is 10.0. The first-order chi connectivity index (χ1) is 13.6. The molecular formula is C22H16Cl2O4. The van der Waals surface area contributed by atoms with Gasteiger partial charge in [-0.05, 0) is 24.3 Å². The Bertz CT molecular complexity index is 949. The Labute approximate surface area is 172 Å². The van der Waals surface area contributed by atoms with Crippen molar-refractivity contribution >= 4 is 35.0 Å². The molecule has 0 aromatic heterocycles. The fourth-order valence-electron chi connectivity index (χ4n) is 2.50. The van der Waals surface area contributed by atoms with Crippen LogP contribution in [0.4, 0.5) is 0 Å². The minimum Gasteiger partial charge on any atom is -0.487 e. The third-order valence-corrected chi connectivity index (χ3v) is 4.50. The van der Waals surface area contributed by atoms with E-state index in [4.69, 9.17) is 32.7 Å². The minimum atomic E-state index is -0.507. The number of carbonyl (C=O) groups is 2. The van der Waals surface area contributed by atoms with Crippen molar-refractivity contribution in [2.45, 2.75) is 0 Å². The topological polar surface area (TPSA) is 52.6 Å². The average Bonchev–Trinajstić information content (AvgIpc) is 2.73. The smallest absolute Gasteiger partial charge is 0.338 e. The lowest BCUT2D eigenvalue weighted by Crippen LogP contribution is -2.13. The van der Waals surface area contributed by atoms with Crippen LogP contribution in [0.2, 0.25) is 10.0 Å². The van der Waals surface area contributed by atoms with E-state index in [0.717, 1.165) is 0 Å². The molecule has 6 heteroatoms. The molecule has 3 rings (SSSR count). The monoisotopic (exact) mass is 414 g/mol. The molecule has 3 aromatic rings. The third-order valence-electron chi connectivity index (χ3n) is 3.90. The Balaban J connectivity index is 1.53. The van der Waals surface area contributed by atoms with Crippen LogP contribution in [0.15, 0.2) is 72.8 Å². The van der Waals surface area contributed by atoms with E-state index in [1.807, 2.05) is 6.07 Å². The molecular weight excluding hydrogens is 399 g/mol. The van der Waals surface area contributed by atoms with Crippen LogP contribution in [0.5, 0.6) is 5.75 Å². The van der Waals surface area contributed by atoms with Crippen molar-refractivity contribution in [3.05, 3.63) is 99.5 Å². The number of rotatable bonds is 7. The molecule has 0 saturated heterocycles. The quantitative estimate of drug-likeness (QED) is 0.292. The van der Waals surface area contributed by atoms with Crippen molar-refractivity contribution in [3.8, 4) is 5.75 Å². The molecule has 0 unspecified atom stereocenters. The summed E-state index contributed by atoms with van der Waals surface area (Å²) in [5, 5.41) is 0.773. The Hall–Kier alpha value is -2.82. The number of carbonyl (C=O) groups excluding carboxylic acids is 2. The zero-order valence-corrected chi connectivity index (χ0v) is 16.2. The molecule has 0 fully saturated rings. The van der Waals surface area contributed by atoms with E-state index in [-0.39, 0.29) is 19.0 Å². The van der Waals surface area contributed by atoms with Gasteiger partial charge in [0.2, 0.25) is 0 Å². The van der Waals surface area contributed by atoms with E-state index >= 15 is 0 Å².